The lowest BCUT2D eigenvalue weighted by molar-refractivity contribution is -0.119. The normalized spacial score (nSPS) is 17.9. The lowest BCUT2D eigenvalue weighted by Crippen LogP contribution is -2.40. The van der Waals surface area contributed by atoms with E-state index in [0.717, 1.165) is 35.4 Å². The molecule has 142 valence electrons. The molecule has 0 amide bonds. The maximum atomic E-state index is 12.2. The summed E-state index contributed by atoms with van der Waals surface area (Å²) in [5.74, 6) is 0.356. The molecule has 1 saturated carbocycles. The van der Waals surface area contributed by atoms with E-state index in [4.69, 9.17) is 0 Å². The molecule has 1 heterocycles. The van der Waals surface area contributed by atoms with Gasteiger partial charge in [0.15, 0.2) is 0 Å². The monoisotopic (exact) mass is 354 g/mol. The number of aromatic nitrogens is 1. The molecular formula is C23H34N2O. The summed E-state index contributed by atoms with van der Waals surface area (Å²) in [4.78, 5) is 16.8. The van der Waals surface area contributed by atoms with Crippen LogP contribution in [0.3, 0.4) is 0 Å². The van der Waals surface area contributed by atoms with E-state index in [1.54, 1.807) is 6.92 Å². The largest absolute Gasteiger partial charge is 0.372 e. The molecule has 1 N–H and O–H groups in total. The van der Waals surface area contributed by atoms with E-state index in [9.17, 15) is 4.79 Å². The van der Waals surface area contributed by atoms with Crippen LogP contribution in [-0.2, 0) is 4.79 Å². The standard InChI is InChI=1S/C23H34N2O/c1-7-20(25-23(6)12-10-8-9-11-13-23)21-14-19(17(4)15-24-21)22(16(2)3)18(5)26/h14-16,22,25H,1,8-13H2,2-6H3. The minimum absolute atomic E-state index is 0.0568. The first-order chi connectivity index (χ1) is 12.3. The number of Topliss-reactive ketones (excluding diaryl/α,β-unsaturated/α-hetero) is 1. The van der Waals surface area contributed by atoms with E-state index in [1.807, 2.05) is 13.1 Å². The molecule has 1 unspecified atom stereocenters. The van der Waals surface area contributed by atoms with E-state index in [-0.39, 0.29) is 23.2 Å². The average molecular weight is 355 g/mol. The van der Waals surface area contributed by atoms with Crippen molar-refractivity contribution in [2.75, 3.05) is 0 Å². The van der Waals surface area contributed by atoms with Gasteiger partial charge >= 0.3 is 0 Å². The summed E-state index contributed by atoms with van der Waals surface area (Å²) in [5.41, 5.74) is 6.93. The SMILES string of the molecule is C=C=C(NC1(C)CCCCCC1)c1cc(C(C(C)=O)C(C)C)c(C)cn1. The molecule has 0 aliphatic heterocycles. The number of carbonyl (C=O) groups excluding carboxylic acids is 1. The van der Waals surface area contributed by atoms with Crippen LogP contribution in [0.5, 0.6) is 0 Å². The van der Waals surface area contributed by atoms with Crippen LogP contribution >= 0.6 is 0 Å². The minimum Gasteiger partial charge on any atom is -0.372 e. The fraction of sp³-hybridized carbons (Fsp3) is 0.609. The van der Waals surface area contributed by atoms with Crippen LogP contribution in [0.25, 0.3) is 5.70 Å². The number of nitrogens with zero attached hydrogens (tertiary/aromatic N) is 1. The lowest BCUT2D eigenvalue weighted by atomic mass is 9.83. The molecule has 2 rings (SSSR count). The molecule has 26 heavy (non-hydrogen) atoms. The van der Waals surface area contributed by atoms with Crippen molar-refractivity contribution in [3.05, 3.63) is 41.4 Å². The maximum absolute atomic E-state index is 12.2. The zero-order valence-electron chi connectivity index (χ0n) is 17.1. The summed E-state index contributed by atoms with van der Waals surface area (Å²) in [5, 5.41) is 3.68. The molecule has 1 aliphatic carbocycles. The fourth-order valence-corrected chi connectivity index (χ4v) is 4.19. The molecule has 1 fully saturated rings. The van der Waals surface area contributed by atoms with Gasteiger partial charge in [0, 0.05) is 17.7 Å². The summed E-state index contributed by atoms with van der Waals surface area (Å²) in [6, 6.07) is 2.06. The van der Waals surface area contributed by atoms with Crippen LogP contribution < -0.4 is 5.32 Å². The number of aryl methyl sites for hydroxylation is 1. The zero-order chi connectivity index (χ0) is 19.3. The molecule has 1 aliphatic rings. The van der Waals surface area contributed by atoms with Gasteiger partial charge in [0.1, 0.15) is 11.5 Å². The molecule has 0 spiro atoms. The van der Waals surface area contributed by atoms with Gasteiger partial charge in [-0.05, 0) is 56.7 Å². The van der Waals surface area contributed by atoms with Crippen LogP contribution in [0.1, 0.15) is 89.0 Å². The average Bonchev–Trinajstić information content (AvgIpc) is 2.79. The van der Waals surface area contributed by atoms with E-state index in [2.05, 4.69) is 49.4 Å². The third-order valence-corrected chi connectivity index (χ3v) is 5.65. The Morgan fingerprint density at radius 3 is 2.38 bits per heavy atom. The van der Waals surface area contributed by atoms with E-state index in [1.165, 1.54) is 25.7 Å². The number of pyridine rings is 1. The number of hydrogen-bond acceptors (Lipinski definition) is 3. The summed E-state index contributed by atoms with van der Waals surface area (Å²) in [6.07, 6.45) is 9.30. The van der Waals surface area contributed by atoms with Gasteiger partial charge in [0.2, 0.25) is 0 Å². The quantitative estimate of drug-likeness (QED) is 0.538. The smallest absolute Gasteiger partial charge is 0.137 e. The Kier molecular flexibility index (Phi) is 6.83. The molecular weight excluding hydrogens is 320 g/mol. The fourth-order valence-electron chi connectivity index (χ4n) is 4.19. The Bertz CT molecular complexity index is 690. The predicted octanol–water partition coefficient (Wildman–Crippen LogP) is 5.55. The first kappa shape index (κ1) is 20.5. The van der Waals surface area contributed by atoms with Gasteiger partial charge in [-0.25, -0.2) is 0 Å². The van der Waals surface area contributed by atoms with Gasteiger partial charge in [-0.15, -0.1) is 5.73 Å². The van der Waals surface area contributed by atoms with Gasteiger partial charge in [-0.1, -0.05) is 46.1 Å². The summed E-state index contributed by atoms with van der Waals surface area (Å²) in [6.45, 7) is 14.1. The number of rotatable bonds is 6. The first-order valence-corrected chi connectivity index (χ1v) is 9.93. The molecule has 1 aromatic rings. The second kappa shape index (κ2) is 8.68. The predicted molar refractivity (Wildman–Crippen MR) is 109 cm³/mol. The van der Waals surface area contributed by atoms with Crippen molar-refractivity contribution in [2.45, 2.75) is 84.6 Å². The summed E-state index contributed by atoms with van der Waals surface area (Å²) < 4.78 is 0. The number of ketones is 1. The third kappa shape index (κ3) is 4.86. The highest BCUT2D eigenvalue weighted by molar-refractivity contribution is 5.84. The Morgan fingerprint density at radius 1 is 1.27 bits per heavy atom. The molecule has 1 atom stereocenters. The van der Waals surface area contributed by atoms with E-state index in [0.29, 0.717) is 0 Å². The molecule has 0 saturated heterocycles. The highest BCUT2D eigenvalue weighted by Crippen LogP contribution is 2.31. The summed E-state index contributed by atoms with van der Waals surface area (Å²) >= 11 is 0. The highest BCUT2D eigenvalue weighted by atomic mass is 16.1. The molecule has 0 bridgehead atoms. The molecule has 3 nitrogen and oxygen atoms in total. The van der Waals surface area contributed by atoms with Crippen molar-refractivity contribution in [1.29, 1.82) is 0 Å². The van der Waals surface area contributed by atoms with Crippen LogP contribution in [-0.4, -0.2) is 16.3 Å². The van der Waals surface area contributed by atoms with Crippen molar-refractivity contribution in [3.63, 3.8) is 0 Å². The Hall–Kier alpha value is -1.86. The molecule has 0 aromatic carbocycles. The van der Waals surface area contributed by atoms with Gasteiger partial charge in [-0.2, -0.15) is 0 Å². The van der Waals surface area contributed by atoms with Crippen LogP contribution in [0, 0.1) is 12.8 Å². The molecule has 3 heteroatoms. The van der Waals surface area contributed by atoms with Gasteiger partial charge < -0.3 is 5.32 Å². The van der Waals surface area contributed by atoms with Gasteiger partial charge in [-0.3, -0.25) is 9.78 Å². The minimum atomic E-state index is -0.101. The maximum Gasteiger partial charge on any atom is 0.137 e. The topological polar surface area (TPSA) is 42.0 Å². The number of nitrogens with one attached hydrogen (secondary N) is 1. The van der Waals surface area contributed by atoms with Gasteiger partial charge in [0.05, 0.1) is 5.69 Å². The van der Waals surface area contributed by atoms with Crippen molar-refractivity contribution in [1.82, 2.24) is 10.3 Å². The van der Waals surface area contributed by atoms with Crippen molar-refractivity contribution in [3.8, 4) is 0 Å². The first-order valence-electron chi connectivity index (χ1n) is 9.93. The second-order valence-electron chi connectivity index (χ2n) is 8.41. The number of hydrogen-bond donors (Lipinski definition) is 1. The van der Waals surface area contributed by atoms with E-state index < -0.39 is 0 Å². The van der Waals surface area contributed by atoms with E-state index >= 15 is 0 Å². The number of carbonyl (C=O) groups is 1. The Balaban J connectivity index is 2.35. The van der Waals surface area contributed by atoms with Gasteiger partial charge in [0.25, 0.3) is 0 Å². The van der Waals surface area contributed by atoms with Crippen LogP contribution in [0.2, 0.25) is 0 Å². The third-order valence-electron chi connectivity index (χ3n) is 5.65. The van der Waals surface area contributed by atoms with Crippen molar-refractivity contribution >= 4 is 11.5 Å². The highest BCUT2D eigenvalue weighted by Gasteiger charge is 2.28. The molecule has 1 aromatic heterocycles. The Morgan fingerprint density at radius 2 is 1.88 bits per heavy atom. The van der Waals surface area contributed by atoms with Crippen molar-refractivity contribution < 1.29 is 4.79 Å². The second-order valence-corrected chi connectivity index (χ2v) is 8.41. The Labute approximate surface area is 159 Å². The lowest BCUT2D eigenvalue weighted by Gasteiger charge is -2.31. The zero-order valence-corrected chi connectivity index (χ0v) is 17.1. The van der Waals surface area contributed by atoms with Crippen LogP contribution in [0.15, 0.2) is 24.6 Å². The summed E-state index contributed by atoms with van der Waals surface area (Å²) in [7, 11) is 0. The van der Waals surface area contributed by atoms with Crippen LogP contribution in [0.4, 0.5) is 0 Å². The molecule has 0 radical (unpaired) electrons. The van der Waals surface area contributed by atoms with Crippen molar-refractivity contribution in [2.24, 2.45) is 5.92 Å².